The van der Waals surface area contributed by atoms with Gasteiger partial charge in [0.05, 0.1) is 24.4 Å². The van der Waals surface area contributed by atoms with Crippen molar-refractivity contribution in [3.05, 3.63) is 102 Å². The number of furan rings is 1. The fourth-order valence-electron chi connectivity index (χ4n) is 2.87. The zero-order valence-corrected chi connectivity index (χ0v) is 16.6. The highest BCUT2D eigenvalue weighted by Crippen LogP contribution is 2.24. The van der Waals surface area contributed by atoms with Crippen LogP contribution in [0, 0.1) is 0 Å². The predicted octanol–water partition coefficient (Wildman–Crippen LogP) is 3.73. The fraction of sp³-hybridized carbons (Fsp3) is 0.125. The van der Waals surface area contributed by atoms with E-state index in [1.807, 2.05) is 66.7 Å². The second-order valence-corrected chi connectivity index (χ2v) is 6.61. The molecule has 2 amide bonds. The molecule has 3 rings (SSSR count). The van der Waals surface area contributed by atoms with Crippen LogP contribution >= 0.6 is 0 Å². The first kappa shape index (κ1) is 20.8. The molecule has 0 aliphatic heterocycles. The Kier molecular flexibility index (Phi) is 7.33. The molecular weight excluding hydrogens is 378 g/mol. The van der Waals surface area contributed by atoms with Crippen molar-refractivity contribution in [1.82, 2.24) is 10.7 Å². The molecule has 152 valence electrons. The van der Waals surface area contributed by atoms with E-state index in [-0.39, 0.29) is 12.5 Å². The first-order valence-electron chi connectivity index (χ1n) is 9.56. The van der Waals surface area contributed by atoms with E-state index >= 15 is 0 Å². The number of nitrogens with one attached hydrogen (secondary N) is 2. The van der Waals surface area contributed by atoms with Gasteiger partial charge in [-0.25, -0.2) is 5.43 Å². The average molecular weight is 401 g/mol. The summed E-state index contributed by atoms with van der Waals surface area (Å²) in [5, 5.41) is 6.70. The summed E-state index contributed by atoms with van der Waals surface area (Å²) in [7, 11) is 0. The summed E-state index contributed by atoms with van der Waals surface area (Å²) in [6, 6.07) is 22.5. The third-order valence-corrected chi connectivity index (χ3v) is 4.34. The minimum Gasteiger partial charge on any atom is -0.465 e. The van der Waals surface area contributed by atoms with Gasteiger partial charge in [-0.1, -0.05) is 60.7 Å². The van der Waals surface area contributed by atoms with Gasteiger partial charge < -0.3 is 9.73 Å². The smallest absolute Gasteiger partial charge is 0.259 e. The highest BCUT2D eigenvalue weighted by atomic mass is 16.3. The number of hydrazone groups is 1. The Balaban J connectivity index is 1.58. The average Bonchev–Trinajstić information content (AvgIpc) is 3.30. The van der Waals surface area contributed by atoms with E-state index in [4.69, 9.17) is 4.42 Å². The first-order valence-corrected chi connectivity index (χ1v) is 9.56. The molecule has 0 saturated heterocycles. The highest BCUT2D eigenvalue weighted by Gasteiger charge is 2.22. The first-order chi connectivity index (χ1) is 14.6. The molecule has 6 nitrogen and oxygen atoms in total. The van der Waals surface area contributed by atoms with Crippen molar-refractivity contribution in [1.29, 1.82) is 0 Å². The van der Waals surface area contributed by atoms with Crippen LogP contribution in [-0.2, 0) is 9.59 Å². The third-order valence-electron chi connectivity index (χ3n) is 4.34. The van der Waals surface area contributed by atoms with Gasteiger partial charge in [-0.05, 0) is 42.3 Å². The van der Waals surface area contributed by atoms with Gasteiger partial charge >= 0.3 is 0 Å². The van der Waals surface area contributed by atoms with E-state index in [9.17, 15) is 9.59 Å². The summed E-state index contributed by atoms with van der Waals surface area (Å²) < 4.78 is 5.19. The van der Waals surface area contributed by atoms with Crippen molar-refractivity contribution in [3.63, 3.8) is 0 Å². The van der Waals surface area contributed by atoms with Crippen LogP contribution in [0.15, 0.2) is 94.7 Å². The number of carbonyl (C=O) groups excluding carboxylic acids is 2. The van der Waals surface area contributed by atoms with E-state index < -0.39 is 11.8 Å². The van der Waals surface area contributed by atoms with Gasteiger partial charge in [0.15, 0.2) is 0 Å². The summed E-state index contributed by atoms with van der Waals surface area (Å²) in [5.41, 5.74) is 4.75. The number of carbonyl (C=O) groups is 2. The molecule has 30 heavy (non-hydrogen) atoms. The van der Waals surface area contributed by atoms with Gasteiger partial charge in [0.25, 0.3) is 5.91 Å². The molecular formula is C24H23N3O3. The minimum atomic E-state index is -0.498. The second kappa shape index (κ2) is 10.6. The maximum absolute atomic E-state index is 12.9. The normalized spacial score (nSPS) is 11.6. The van der Waals surface area contributed by atoms with E-state index in [1.54, 1.807) is 31.4 Å². The largest absolute Gasteiger partial charge is 0.465 e. The van der Waals surface area contributed by atoms with Crippen LogP contribution in [0.4, 0.5) is 0 Å². The Hall–Kier alpha value is -3.93. The molecule has 2 aromatic carbocycles. The molecule has 0 aliphatic rings. The minimum absolute atomic E-state index is 0.173. The quantitative estimate of drug-likeness (QED) is 0.446. The number of benzene rings is 2. The monoisotopic (exact) mass is 401 g/mol. The Morgan fingerprint density at radius 1 is 0.967 bits per heavy atom. The summed E-state index contributed by atoms with van der Waals surface area (Å²) >= 11 is 0. The number of allylic oxidation sites excluding steroid dienone is 1. The summed E-state index contributed by atoms with van der Waals surface area (Å²) in [5.74, 6) is -0.465. The van der Waals surface area contributed by atoms with Gasteiger partial charge in [0, 0.05) is 0 Å². The molecule has 0 fully saturated rings. The molecule has 3 aromatic rings. The molecule has 0 aliphatic carbocycles. The molecule has 0 unspecified atom stereocenters. The van der Waals surface area contributed by atoms with Gasteiger partial charge in [-0.15, -0.1) is 0 Å². The maximum atomic E-state index is 12.9. The van der Waals surface area contributed by atoms with Gasteiger partial charge in [0.2, 0.25) is 5.91 Å². The van der Waals surface area contributed by atoms with Crippen LogP contribution in [-0.4, -0.2) is 24.1 Å². The molecule has 0 spiro atoms. The van der Waals surface area contributed by atoms with Crippen molar-refractivity contribution in [2.45, 2.75) is 12.8 Å². The zero-order chi connectivity index (χ0) is 21.2. The molecule has 1 aromatic heterocycles. The lowest BCUT2D eigenvalue weighted by molar-refractivity contribution is -0.126. The summed E-state index contributed by atoms with van der Waals surface area (Å²) in [4.78, 5) is 25.0. The molecule has 0 saturated carbocycles. The van der Waals surface area contributed by atoms with Crippen LogP contribution in [0.25, 0.3) is 6.08 Å². The molecule has 2 N–H and O–H groups in total. The molecule has 0 bridgehead atoms. The molecule has 0 atom stereocenters. The summed E-state index contributed by atoms with van der Waals surface area (Å²) in [6.45, 7) is 1.58. The van der Waals surface area contributed by atoms with Gasteiger partial charge in [-0.3, -0.25) is 9.59 Å². The van der Waals surface area contributed by atoms with Crippen molar-refractivity contribution >= 4 is 23.6 Å². The fourth-order valence-corrected chi connectivity index (χ4v) is 2.87. The van der Waals surface area contributed by atoms with Crippen molar-refractivity contribution in [2.24, 2.45) is 5.10 Å². The lowest BCUT2D eigenvalue weighted by Gasteiger charge is -2.17. The number of rotatable bonds is 8. The summed E-state index contributed by atoms with van der Waals surface area (Å²) in [6.07, 6.45) is 5.05. The number of hydrogen-bond donors (Lipinski definition) is 2. The van der Waals surface area contributed by atoms with Crippen molar-refractivity contribution in [3.8, 4) is 0 Å². The van der Waals surface area contributed by atoms with Crippen molar-refractivity contribution in [2.75, 3.05) is 6.54 Å². The highest BCUT2D eigenvalue weighted by molar-refractivity contribution is 5.97. The predicted molar refractivity (Wildman–Crippen MR) is 117 cm³/mol. The lowest BCUT2D eigenvalue weighted by atomic mass is 9.90. The topological polar surface area (TPSA) is 83.7 Å². The van der Waals surface area contributed by atoms with Crippen LogP contribution < -0.4 is 10.7 Å². The molecule has 6 heteroatoms. The second-order valence-electron chi connectivity index (χ2n) is 6.61. The van der Waals surface area contributed by atoms with E-state index in [1.165, 1.54) is 0 Å². The third kappa shape index (κ3) is 6.04. The standard InChI is InChI=1S/C24H23N3O3/c1-18(14-15-21-13-8-16-30-21)26-27-22(28)17-25-24(29)23(19-9-4-2-5-10-19)20-11-6-3-7-12-20/h2-16,23H,17H2,1H3,(H,25,29)(H,27,28)/b15-14+,26-18-. The Morgan fingerprint density at radius 3 is 2.17 bits per heavy atom. The van der Waals surface area contributed by atoms with Crippen LogP contribution in [0.3, 0.4) is 0 Å². The van der Waals surface area contributed by atoms with Crippen LogP contribution in [0.5, 0.6) is 0 Å². The molecule has 1 heterocycles. The lowest BCUT2D eigenvalue weighted by Crippen LogP contribution is -2.38. The Bertz CT molecular complexity index is 971. The Labute approximate surface area is 175 Å². The Morgan fingerprint density at radius 2 is 1.60 bits per heavy atom. The maximum Gasteiger partial charge on any atom is 0.259 e. The number of amides is 2. The SMILES string of the molecule is CC(/C=C/c1ccco1)=N/NC(=O)CNC(=O)C(c1ccccc1)c1ccccc1. The van der Waals surface area contributed by atoms with Crippen LogP contribution in [0.2, 0.25) is 0 Å². The van der Waals surface area contributed by atoms with Gasteiger partial charge in [-0.2, -0.15) is 5.10 Å². The van der Waals surface area contributed by atoms with E-state index in [2.05, 4.69) is 15.8 Å². The van der Waals surface area contributed by atoms with Crippen molar-refractivity contribution < 1.29 is 14.0 Å². The number of hydrogen-bond acceptors (Lipinski definition) is 4. The van der Waals surface area contributed by atoms with Crippen LogP contribution in [0.1, 0.15) is 29.7 Å². The number of nitrogens with zero attached hydrogens (tertiary/aromatic N) is 1. The zero-order valence-electron chi connectivity index (χ0n) is 16.6. The van der Waals surface area contributed by atoms with Gasteiger partial charge in [0.1, 0.15) is 5.76 Å². The van der Waals surface area contributed by atoms with E-state index in [0.717, 1.165) is 11.1 Å². The molecule has 0 radical (unpaired) electrons. The van der Waals surface area contributed by atoms with E-state index in [0.29, 0.717) is 11.5 Å².